The first-order valence-electron chi connectivity index (χ1n) is 9.29. The molecule has 0 bridgehead atoms. The smallest absolute Gasteiger partial charge is 0.406 e. The minimum atomic E-state index is -4.78. The Morgan fingerprint density at radius 3 is 2.58 bits per heavy atom. The third-order valence-corrected chi connectivity index (χ3v) is 4.54. The van der Waals surface area contributed by atoms with Gasteiger partial charge in [0.2, 0.25) is 0 Å². The molecule has 1 amide bonds. The molecular formula is C20H17F3N6O2. The van der Waals surface area contributed by atoms with Gasteiger partial charge in [0, 0.05) is 30.2 Å². The van der Waals surface area contributed by atoms with E-state index in [0.29, 0.717) is 17.9 Å². The van der Waals surface area contributed by atoms with Crippen LogP contribution in [0.1, 0.15) is 23.0 Å². The van der Waals surface area contributed by atoms with Crippen LogP contribution < -0.4 is 10.1 Å². The predicted molar refractivity (Wildman–Crippen MR) is 106 cm³/mol. The van der Waals surface area contributed by atoms with Crippen LogP contribution in [-0.2, 0) is 6.54 Å². The number of ether oxygens (including phenoxy) is 1. The van der Waals surface area contributed by atoms with E-state index in [2.05, 4.69) is 25.2 Å². The Kier molecular flexibility index (Phi) is 5.09. The summed E-state index contributed by atoms with van der Waals surface area (Å²) < 4.78 is 44.0. The van der Waals surface area contributed by atoms with Crippen LogP contribution in [0.15, 0.2) is 48.9 Å². The third kappa shape index (κ3) is 4.20. The molecule has 3 heterocycles. The molecule has 1 aromatic carbocycles. The van der Waals surface area contributed by atoms with Gasteiger partial charge in [-0.05, 0) is 44.2 Å². The van der Waals surface area contributed by atoms with E-state index in [9.17, 15) is 18.0 Å². The summed E-state index contributed by atoms with van der Waals surface area (Å²) in [6.07, 6.45) is 0.0876. The zero-order valence-corrected chi connectivity index (χ0v) is 16.5. The van der Waals surface area contributed by atoms with Crippen LogP contribution in [0.2, 0.25) is 0 Å². The Morgan fingerprint density at radius 1 is 1.19 bits per heavy atom. The molecule has 160 valence electrons. The maximum Gasteiger partial charge on any atom is 0.573 e. The maximum atomic E-state index is 12.7. The fraction of sp³-hybridized carbons (Fsp3) is 0.200. The highest BCUT2D eigenvalue weighted by Crippen LogP contribution is 2.26. The van der Waals surface area contributed by atoms with Gasteiger partial charge < -0.3 is 10.1 Å². The number of amides is 1. The van der Waals surface area contributed by atoms with Gasteiger partial charge >= 0.3 is 6.36 Å². The van der Waals surface area contributed by atoms with E-state index in [1.807, 2.05) is 20.0 Å². The Morgan fingerprint density at radius 2 is 1.94 bits per heavy atom. The van der Waals surface area contributed by atoms with Gasteiger partial charge in [0.15, 0.2) is 5.65 Å². The molecule has 0 spiro atoms. The second-order valence-electron chi connectivity index (χ2n) is 6.63. The van der Waals surface area contributed by atoms with Crippen molar-refractivity contribution in [3.63, 3.8) is 0 Å². The van der Waals surface area contributed by atoms with Gasteiger partial charge in [-0.2, -0.15) is 10.2 Å². The average Bonchev–Trinajstić information content (AvgIpc) is 3.31. The molecule has 4 aromatic rings. The maximum absolute atomic E-state index is 12.7. The molecule has 0 radical (unpaired) electrons. The Hall–Kier alpha value is -3.89. The minimum absolute atomic E-state index is 0.220. The van der Waals surface area contributed by atoms with Crippen molar-refractivity contribution in [2.75, 3.05) is 5.32 Å². The average molecular weight is 430 g/mol. The molecule has 0 saturated carbocycles. The van der Waals surface area contributed by atoms with Crippen LogP contribution in [0.4, 0.5) is 18.9 Å². The number of hydrogen-bond donors (Lipinski definition) is 1. The summed E-state index contributed by atoms with van der Waals surface area (Å²) in [5.41, 5.74) is 3.28. The molecule has 0 aliphatic carbocycles. The SMILES string of the molecule is CCn1cc(-c2ccnc3c(C(=O)Nc4ccc(OC(F)(F)F)cc4)cnn23)c(C)n1. The topological polar surface area (TPSA) is 86.3 Å². The number of carbonyl (C=O) groups excluding carboxylic acids is 1. The van der Waals surface area contributed by atoms with Gasteiger partial charge in [0.25, 0.3) is 5.91 Å². The number of anilines is 1. The number of carbonyl (C=O) groups is 1. The van der Waals surface area contributed by atoms with E-state index in [1.54, 1.807) is 21.5 Å². The van der Waals surface area contributed by atoms with E-state index in [4.69, 9.17) is 0 Å². The largest absolute Gasteiger partial charge is 0.573 e. The van der Waals surface area contributed by atoms with Gasteiger partial charge in [-0.15, -0.1) is 13.2 Å². The lowest BCUT2D eigenvalue weighted by atomic mass is 10.2. The van der Waals surface area contributed by atoms with Crippen molar-refractivity contribution >= 4 is 17.2 Å². The number of nitrogens with one attached hydrogen (secondary N) is 1. The van der Waals surface area contributed by atoms with Crippen LogP contribution in [0.25, 0.3) is 16.9 Å². The zero-order chi connectivity index (χ0) is 22.2. The number of rotatable bonds is 5. The second kappa shape index (κ2) is 7.74. The van der Waals surface area contributed by atoms with Gasteiger partial charge in [-0.3, -0.25) is 9.48 Å². The second-order valence-corrected chi connectivity index (χ2v) is 6.63. The summed E-state index contributed by atoms with van der Waals surface area (Å²) in [5, 5.41) is 11.4. The summed E-state index contributed by atoms with van der Waals surface area (Å²) in [6, 6.07) is 6.64. The number of halogens is 3. The molecule has 0 saturated heterocycles. The quantitative estimate of drug-likeness (QED) is 0.516. The fourth-order valence-corrected chi connectivity index (χ4v) is 3.13. The van der Waals surface area contributed by atoms with Gasteiger partial charge in [-0.1, -0.05) is 0 Å². The van der Waals surface area contributed by atoms with Gasteiger partial charge in [0.1, 0.15) is 11.3 Å². The molecule has 0 fully saturated rings. The lowest BCUT2D eigenvalue weighted by Crippen LogP contribution is -2.17. The molecule has 0 aliphatic rings. The van der Waals surface area contributed by atoms with E-state index in [0.717, 1.165) is 29.1 Å². The van der Waals surface area contributed by atoms with Crippen LogP contribution in [-0.4, -0.2) is 36.6 Å². The van der Waals surface area contributed by atoms with Gasteiger partial charge in [0.05, 0.1) is 17.6 Å². The molecule has 0 aliphatic heterocycles. The summed E-state index contributed by atoms with van der Waals surface area (Å²) >= 11 is 0. The molecule has 1 N–H and O–H groups in total. The van der Waals surface area contributed by atoms with Crippen LogP contribution in [0.5, 0.6) is 5.75 Å². The summed E-state index contributed by atoms with van der Waals surface area (Å²) in [4.78, 5) is 17.0. The molecule has 4 rings (SSSR count). The van der Waals surface area contributed by atoms with Crippen molar-refractivity contribution in [3.05, 3.63) is 60.2 Å². The normalized spacial score (nSPS) is 11.6. The van der Waals surface area contributed by atoms with Crippen LogP contribution >= 0.6 is 0 Å². The lowest BCUT2D eigenvalue weighted by molar-refractivity contribution is -0.274. The summed E-state index contributed by atoms with van der Waals surface area (Å²) in [6.45, 7) is 4.59. The Bertz CT molecular complexity index is 1240. The first-order valence-corrected chi connectivity index (χ1v) is 9.29. The van der Waals surface area contributed by atoms with Crippen molar-refractivity contribution in [1.29, 1.82) is 0 Å². The number of hydrogen-bond acceptors (Lipinski definition) is 5. The third-order valence-electron chi connectivity index (χ3n) is 4.54. The number of aromatic nitrogens is 5. The van der Waals surface area contributed by atoms with Crippen molar-refractivity contribution in [2.24, 2.45) is 0 Å². The molecule has 0 atom stereocenters. The first kappa shape index (κ1) is 20.4. The number of fused-ring (bicyclic) bond motifs is 1. The van der Waals surface area contributed by atoms with Crippen molar-refractivity contribution in [1.82, 2.24) is 24.4 Å². The van der Waals surface area contributed by atoms with E-state index in [-0.39, 0.29) is 11.3 Å². The first-order chi connectivity index (χ1) is 14.7. The molecule has 31 heavy (non-hydrogen) atoms. The summed E-state index contributed by atoms with van der Waals surface area (Å²) in [7, 11) is 0. The zero-order valence-electron chi connectivity index (χ0n) is 16.5. The number of aryl methyl sites for hydroxylation is 2. The lowest BCUT2D eigenvalue weighted by Gasteiger charge is -2.09. The molecule has 0 unspecified atom stereocenters. The van der Waals surface area contributed by atoms with Crippen molar-refractivity contribution in [3.8, 4) is 17.0 Å². The highest BCUT2D eigenvalue weighted by molar-refractivity contribution is 6.08. The Balaban J connectivity index is 1.60. The number of benzene rings is 1. The minimum Gasteiger partial charge on any atom is -0.406 e. The molecular weight excluding hydrogens is 413 g/mol. The Labute approximate surface area is 174 Å². The van der Waals surface area contributed by atoms with E-state index >= 15 is 0 Å². The highest BCUT2D eigenvalue weighted by atomic mass is 19.4. The highest BCUT2D eigenvalue weighted by Gasteiger charge is 2.31. The van der Waals surface area contributed by atoms with Gasteiger partial charge in [-0.25, -0.2) is 9.50 Å². The van der Waals surface area contributed by atoms with E-state index < -0.39 is 12.3 Å². The van der Waals surface area contributed by atoms with Crippen molar-refractivity contribution in [2.45, 2.75) is 26.8 Å². The standard InChI is InChI=1S/C20H17F3N6O2/c1-3-28-11-16(12(2)27-28)17-8-9-24-18-15(10-25-29(17)18)19(30)26-13-4-6-14(7-5-13)31-20(21,22)23/h4-11H,3H2,1-2H3,(H,26,30). The molecule has 8 nitrogen and oxygen atoms in total. The number of alkyl halides is 3. The monoisotopic (exact) mass is 430 g/mol. The predicted octanol–water partition coefficient (Wildman–Crippen LogP) is 4.07. The van der Waals surface area contributed by atoms with Crippen molar-refractivity contribution < 1.29 is 22.7 Å². The molecule has 3 aromatic heterocycles. The molecule has 11 heteroatoms. The van der Waals surface area contributed by atoms with Crippen LogP contribution in [0, 0.1) is 6.92 Å². The van der Waals surface area contributed by atoms with Crippen LogP contribution in [0.3, 0.4) is 0 Å². The summed E-state index contributed by atoms with van der Waals surface area (Å²) in [5.74, 6) is -0.874. The van der Waals surface area contributed by atoms with E-state index in [1.165, 1.54) is 18.3 Å². The number of nitrogens with zero attached hydrogens (tertiary/aromatic N) is 5. The fourth-order valence-electron chi connectivity index (χ4n) is 3.13.